The van der Waals surface area contributed by atoms with E-state index in [1.165, 1.54) is 14.2 Å². The molecule has 7 nitrogen and oxygen atoms in total. The SMILES string of the molecule is CCOC(=O)N(c1cccc(OC)c1)C(CC(=O)O)OC. The highest BCUT2D eigenvalue weighted by Gasteiger charge is 2.28. The van der Waals surface area contributed by atoms with Gasteiger partial charge < -0.3 is 19.3 Å². The molecule has 0 bridgehead atoms. The molecule has 0 aliphatic rings. The number of hydrogen-bond donors (Lipinski definition) is 1. The van der Waals surface area contributed by atoms with Gasteiger partial charge in [-0.05, 0) is 19.1 Å². The summed E-state index contributed by atoms with van der Waals surface area (Å²) in [6, 6.07) is 6.65. The fourth-order valence-corrected chi connectivity index (χ4v) is 1.77. The number of methoxy groups -OCH3 is 2. The Balaban J connectivity index is 3.16. The molecule has 0 spiro atoms. The summed E-state index contributed by atoms with van der Waals surface area (Å²) in [6.07, 6.45) is -2.03. The second kappa shape index (κ2) is 8.11. The number of hydrogen-bond acceptors (Lipinski definition) is 5. The van der Waals surface area contributed by atoms with Gasteiger partial charge in [0.2, 0.25) is 0 Å². The predicted molar refractivity (Wildman–Crippen MR) is 75.5 cm³/mol. The maximum Gasteiger partial charge on any atom is 0.416 e. The Morgan fingerprint density at radius 1 is 1.33 bits per heavy atom. The molecule has 0 aromatic heterocycles. The maximum atomic E-state index is 12.1. The van der Waals surface area contributed by atoms with E-state index in [0.29, 0.717) is 11.4 Å². The van der Waals surface area contributed by atoms with E-state index in [1.54, 1.807) is 31.2 Å². The molecule has 1 N–H and O–H groups in total. The maximum absolute atomic E-state index is 12.1. The summed E-state index contributed by atoms with van der Waals surface area (Å²) in [5, 5.41) is 8.94. The largest absolute Gasteiger partial charge is 0.497 e. The van der Waals surface area contributed by atoms with Crippen molar-refractivity contribution in [1.29, 1.82) is 0 Å². The highest BCUT2D eigenvalue weighted by Crippen LogP contribution is 2.25. The van der Waals surface area contributed by atoms with Crippen molar-refractivity contribution in [1.82, 2.24) is 0 Å². The molecule has 0 aliphatic carbocycles. The average molecular weight is 297 g/mol. The molecule has 1 unspecified atom stereocenters. The van der Waals surface area contributed by atoms with Crippen LogP contribution in [0.1, 0.15) is 13.3 Å². The molecular formula is C14H19NO6. The van der Waals surface area contributed by atoms with Crippen LogP contribution < -0.4 is 9.64 Å². The second-order valence-corrected chi connectivity index (χ2v) is 4.06. The molecule has 0 saturated carbocycles. The first-order valence-corrected chi connectivity index (χ1v) is 6.38. The van der Waals surface area contributed by atoms with Crippen molar-refractivity contribution in [3.05, 3.63) is 24.3 Å². The predicted octanol–water partition coefficient (Wildman–Crippen LogP) is 2.11. The van der Waals surface area contributed by atoms with Gasteiger partial charge in [-0.25, -0.2) is 4.79 Å². The van der Waals surface area contributed by atoms with Crippen LogP contribution in [0.15, 0.2) is 24.3 Å². The Morgan fingerprint density at radius 2 is 2.05 bits per heavy atom. The molecule has 21 heavy (non-hydrogen) atoms. The number of carboxylic acids is 1. The van der Waals surface area contributed by atoms with Crippen LogP contribution in [-0.4, -0.2) is 44.2 Å². The quantitative estimate of drug-likeness (QED) is 0.776. The van der Waals surface area contributed by atoms with Gasteiger partial charge in [0.25, 0.3) is 0 Å². The zero-order valence-electron chi connectivity index (χ0n) is 12.2. The third kappa shape index (κ3) is 4.64. The Labute approximate surface area is 123 Å². The number of benzene rings is 1. The second-order valence-electron chi connectivity index (χ2n) is 4.06. The zero-order valence-corrected chi connectivity index (χ0v) is 12.2. The summed E-state index contributed by atoms with van der Waals surface area (Å²) in [5.41, 5.74) is 0.431. The fourth-order valence-electron chi connectivity index (χ4n) is 1.77. The lowest BCUT2D eigenvalue weighted by Crippen LogP contribution is -2.43. The van der Waals surface area contributed by atoms with Gasteiger partial charge in [0, 0.05) is 13.2 Å². The molecule has 7 heteroatoms. The summed E-state index contributed by atoms with van der Waals surface area (Å²) >= 11 is 0. The van der Waals surface area contributed by atoms with Gasteiger partial charge in [0.1, 0.15) is 12.0 Å². The van der Waals surface area contributed by atoms with Gasteiger partial charge in [-0.2, -0.15) is 0 Å². The number of ether oxygens (including phenoxy) is 3. The lowest BCUT2D eigenvalue weighted by Gasteiger charge is -2.29. The topological polar surface area (TPSA) is 85.3 Å². The van der Waals surface area contributed by atoms with Crippen LogP contribution in [0.25, 0.3) is 0 Å². The monoisotopic (exact) mass is 297 g/mol. The number of rotatable bonds is 7. The summed E-state index contributed by atoms with van der Waals surface area (Å²) in [6.45, 7) is 1.84. The lowest BCUT2D eigenvalue weighted by atomic mass is 10.2. The van der Waals surface area contributed by atoms with Gasteiger partial charge in [-0.15, -0.1) is 0 Å². The van der Waals surface area contributed by atoms with Crippen molar-refractivity contribution in [3.63, 3.8) is 0 Å². The molecule has 1 rings (SSSR count). The minimum absolute atomic E-state index is 0.169. The van der Waals surface area contributed by atoms with Crippen molar-refractivity contribution in [2.45, 2.75) is 19.6 Å². The lowest BCUT2D eigenvalue weighted by molar-refractivity contribution is -0.139. The smallest absolute Gasteiger partial charge is 0.416 e. The van der Waals surface area contributed by atoms with Crippen LogP contribution >= 0.6 is 0 Å². The first kappa shape index (κ1) is 16.8. The van der Waals surface area contributed by atoms with E-state index in [4.69, 9.17) is 19.3 Å². The first-order valence-electron chi connectivity index (χ1n) is 6.38. The summed E-state index contributed by atoms with van der Waals surface area (Å²) in [4.78, 5) is 24.2. The number of carbonyl (C=O) groups excluding carboxylic acids is 1. The van der Waals surface area contributed by atoms with E-state index in [9.17, 15) is 9.59 Å². The molecule has 1 amide bonds. The highest BCUT2D eigenvalue weighted by molar-refractivity contribution is 5.89. The van der Waals surface area contributed by atoms with Gasteiger partial charge in [-0.3, -0.25) is 9.69 Å². The molecule has 0 saturated heterocycles. The Kier molecular flexibility index (Phi) is 6.48. The Bertz CT molecular complexity index is 490. The fraction of sp³-hybridized carbons (Fsp3) is 0.429. The van der Waals surface area contributed by atoms with Crippen LogP contribution in [0.3, 0.4) is 0 Å². The van der Waals surface area contributed by atoms with Crippen molar-refractivity contribution in [2.24, 2.45) is 0 Å². The van der Waals surface area contributed by atoms with Crippen molar-refractivity contribution in [3.8, 4) is 5.75 Å². The number of nitrogens with zero attached hydrogens (tertiary/aromatic N) is 1. The number of carbonyl (C=O) groups is 2. The van der Waals surface area contributed by atoms with Gasteiger partial charge in [0.15, 0.2) is 0 Å². The Morgan fingerprint density at radius 3 is 2.57 bits per heavy atom. The van der Waals surface area contributed by atoms with Crippen LogP contribution in [0.4, 0.5) is 10.5 Å². The molecule has 116 valence electrons. The minimum atomic E-state index is -1.08. The highest BCUT2D eigenvalue weighted by atomic mass is 16.6. The van der Waals surface area contributed by atoms with E-state index >= 15 is 0 Å². The van der Waals surface area contributed by atoms with Crippen LogP contribution in [-0.2, 0) is 14.3 Å². The summed E-state index contributed by atoms with van der Waals surface area (Å²) in [5.74, 6) is -0.550. The standard InChI is InChI=1S/C14H19NO6/c1-4-21-14(18)15(12(20-3)9-13(16)17)10-6-5-7-11(8-10)19-2/h5-8,12H,4,9H2,1-3H3,(H,16,17). The molecular weight excluding hydrogens is 278 g/mol. The average Bonchev–Trinajstić information content (AvgIpc) is 2.46. The molecule has 1 aromatic rings. The van der Waals surface area contributed by atoms with Crippen LogP contribution in [0.5, 0.6) is 5.75 Å². The molecule has 0 radical (unpaired) electrons. The Hall–Kier alpha value is -2.28. The van der Waals surface area contributed by atoms with Crippen molar-refractivity contribution < 1.29 is 28.9 Å². The van der Waals surface area contributed by atoms with Crippen molar-refractivity contribution in [2.75, 3.05) is 25.7 Å². The number of carboxylic acid groups (broad SMARTS) is 1. The number of aliphatic carboxylic acids is 1. The van der Waals surface area contributed by atoms with E-state index in [0.717, 1.165) is 4.90 Å². The van der Waals surface area contributed by atoms with Gasteiger partial charge in [-0.1, -0.05) is 6.07 Å². The molecule has 0 aliphatic heterocycles. The van der Waals surface area contributed by atoms with Gasteiger partial charge >= 0.3 is 12.1 Å². The zero-order chi connectivity index (χ0) is 15.8. The van der Waals surface area contributed by atoms with E-state index in [-0.39, 0.29) is 13.0 Å². The summed E-state index contributed by atoms with van der Waals surface area (Å²) < 4.78 is 15.2. The van der Waals surface area contributed by atoms with Crippen LogP contribution in [0.2, 0.25) is 0 Å². The molecule has 1 aromatic carbocycles. The van der Waals surface area contributed by atoms with Crippen LogP contribution in [0, 0.1) is 0 Å². The van der Waals surface area contributed by atoms with Gasteiger partial charge in [0.05, 0.1) is 25.8 Å². The number of amides is 1. The first-order chi connectivity index (χ1) is 10.0. The third-order valence-electron chi connectivity index (χ3n) is 2.71. The minimum Gasteiger partial charge on any atom is -0.497 e. The van der Waals surface area contributed by atoms with E-state index in [2.05, 4.69) is 0 Å². The number of anilines is 1. The third-order valence-corrected chi connectivity index (χ3v) is 2.71. The summed E-state index contributed by atoms with van der Waals surface area (Å²) in [7, 11) is 2.83. The van der Waals surface area contributed by atoms with E-state index < -0.39 is 18.3 Å². The molecule has 0 fully saturated rings. The molecule has 0 heterocycles. The normalized spacial score (nSPS) is 11.6. The molecule has 1 atom stereocenters. The van der Waals surface area contributed by atoms with Crippen molar-refractivity contribution >= 4 is 17.7 Å². The van der Waals surface area contributed by atoms with E-state index in [1.807, 2.05) is 0 Å².